The number of carbonyl (C=O) groups excluding carboxylic acids is 1. The van der Waals surface area contributed by atoms with Gasteiger partial charge in [0.1, 0.15) is 6.33 Å². The molecule has 1 fully saturated rings. The topological polar surface area (TPSA) is 118 Å². The highest BCUT2D eigenvalue weighted by molar-refractivity contribution is 6.02. The van der Waals surface area contributed by atoms with Crippen molar-refractivity contribution < 1.29 is 4.79 Å². The normalized spacial score (nSPS) is 20.8. The van der Waals surface area contributed by atoms with Crippen molar-refractivity contribution in [2.45, 2.75) is 31.7 Å². The molecule has 3 heterocycles. The summed E-state index contributed by atoms with van der Waals surface area (Å²) in [6.45, 7) is 0.739. The van der Waals surface area contributed by atoms with Crippen LogP contribution in [0, 0.1) is 5.92 Å². The Bertz CT molecular complexity index is 891. The highest BCUT2D eigenvalue weighted by Gasteiger charge is 2.25. The molecule has 0 unspecified atom stereocenters. The van der Waals surface area contributed by atoms with E-state index in [1.54, 1.807) is 23.3 Å². The summed E-state index contributed by atoms with van der Waals surface area (Å²) in [6.07, 6.45) is 11.2. The number of hydrogen-bond donors (Lipinski definition) is 2. The molecule has 1 saturated carbocycles. The minimum atomic E-state index is -0.552. The van der Waals surface area contributed by atoms with Crippen LogP contribution in [0.15, 0.2) is 31.0 Å². The quantitative estimate of drug-likeness (QED) is 0.745. The van der Waals surface area contributed by atoms with E-state index in [0.717, 1.165) is 32.2 Å². The van der Waals surface area contributed by atoms with E-state index in [-0.39, 0.29) is 5.69 Å². The third-order valence-corrected chi connectivity index (χ3v) is 5.06. The zero-order valence-electron chi connectivity index (χ0n) is 13.9. The number of primary amides is 1. The molecule has 25 heavy (non-hydrogen) atoms. The summed E-state index contributed by atoms with van der Waals surface area (Å²) < 4.78 is 3.77. The van der Waals surface area contributed by atoms with Crippen LogP contribution in [0.2, 0.25) is 0 Å². The lowest BCUT2D eigenvalue weighted by atomic mass is 9.86. The first-order chi connectivity index (χ1) is 12.2. The molecule has 4 rings (SSSR count). The van der Waals surface area contributed by atoms with Crippen LogP contribution in [-0.4, -0.2) is 36.5 Å². The van der Waals surface area contributed by atoms with Gasteiger partial charge in [0.05, 0.1) is 11.0 Å². The molecule has 0 spiro atoms. The van der Waals surface area contributed by atoms with E-state index in [1.165, 1.54) is 0 Å². The number of amides is 1. The average Bonchev–Trinajstić information content (AvgIpc) is 3.30. The van der Waals surface area contributed by atoms with E-state index in [1.807, 2.05) is 12.3 Å². The predicted molar refractivity (Wildman–Crippen MR) is 93.2 cm³/mol. The minimum Gasteiger partial charge on any atom is -0.364 e. The molecule has 1 aliphatic carbocycles. The largest absolute Gasteiger partial charge is 0.364 e. The number of aromatic nitrogens is 5. The highest BCUT2D eigenvalue weighted by atomic mass is 16.1. The van der Waals surface area contributed by atoms with Crippen LogP contribution < -0.4 is 11.5 Å². The van der Waals surface area contributed by atoms with Crippen molar-refractivity contribution in [2.24, 2.45) is 17.4 Å². The Morgan fingerprint density at radius 2 is 2.00 bits per heavy atom. The van der Waals surface area contributed by atoms with E-state index < -0.39 is 5.91 Å². The second kappa shape index (κ2) is 6.29. The van der Waals surface area contributed by atoms with Crippen LogP contribution in [0.4, 0.5) is 0 Å². The van der Waals surface area contributed by atoms with Crippen LogP contribution in [0.1, 0.15) is 42.2 Å². The van der Waals surface area contributed by atoms with Gasteiger partial charge in [0.25, 0.3) is 5.91 Å². The van der Waals surface area contributed by atoms with Crippen molar-refractivity contribution in [1.82, 2.24) is 24.1 Å². The molecule has 0 aromatic carbocycles. The second-order valence-electron chi connectivity index (χ2n) is 6.57. The zero-order valence-corrected chi connectivity index (χ0v) is 13.9. The summed E-state index contributed by atoms with van der Waals surface area (Å²) in [4.78, 5) is 25.0. The molecule has 0 radical (unpaired) electrons. The van der Waals surface area contributed by atoms with Crippen molar-refractivity contribution in [1.29, 1.82) is 0 Å². The Hall–Kier alpha value is -2.74. The number of fused-ring (bicyclic) bond motifs is 1. The van der Waals surface area contributed by atoms with Gasteiger partial charge in [-0.15, -0.1) is 0 Å². The average molecular weight is 339 g/mol. The molecule has 8 heteroatoms. The van der Waals surface area contributed by atoms with Crippen molar-refractivity contribution >= 4 is 16.9 Å². The third-order valence-electron chi connectivity index (χ3n) is 5.06. The maximum absolute atomic E-state index is 12.0. The van der Waals surface area contributed by atoms with Gasteiger partial charge in [0.15, 0.2) is 5.69 Å². The lowest BCUT2D eigenvalue weighted by Gasteiger charge is -2.29. The van der Waals surface area contributed by atoms with Gasteiger partial charge < -0.3 is 16.0 Å². The standard InChI is InChI=1S/C17H21N7O/c18-9-11-1-3-12(4-2-11)24-7-5-13-15(24)14(16(19)25)22-17(21-13)23-8-6-20-10-23/h5-8,10-12H,1-4,9,18H2,(H2,19,25). The number of nitrogens with zero attached hydrogens (tertiary/aromatic N) is 5. The van der Waals surface area contributed by atoms with Crippen molar-refractivity contribution in [3.63, 3.8) is 0 Å². The highest BCUT2D eigenvalue weighted by Crippen LogP contribution is 2.34. The monoisotopic (exact) mass is 339 g/mol. The molecule has 0 aliphatic heterocycles. The number of imidazole rings is 1. The number of hydrogen-bond acceptors (Lipinski definition) is 5. The molecule has 3 aromatic heterocycles. The van der Waals surface area contributed by atoms with Gasteiger partial charge in [-0.05, 0) is 44.2 Å². The molecule has 3 aromatic rings. The fourth-order valence-electron chi connectivity index (χ4n) is 3.68. The first-order valence-corrected chi connectivity index (χ1v) is 8.54. The van der Waals surface area contributed by atoms with Crippen molar-refractivity contribution in [3.05, 3.63) is 36.7 Å². The predicted octanol–water partition coefficient (Wildman–Crippen LogP) is 1.41. The van der Waals surface area contributed by atoms with Gasteiger partial charge in [0, 0.05) is 24.6 Å². The molecule has 4 N–H and O–H groups in total. The molecular formula is C17H21N7O. The van der Waals surface area contributed by atoms with E-state index in [0.29, 0.717) is 28.9 Å². The summed E-state index contributed by atoms with van der Waals surface area (Å²) >= 11 is 0. The van der Waals surface area contributed by atoms with Gasteiger partial charge in [0.2, 0.25) is 5.95 Å². The molecule has 0 bridgehead atoms. The molecule has 130 valence electrons. The number of carbonyl (C=O) groups is 1. The van der Waals surface area contributed by atoms with Crippen molar-refractivity contribution in [2.75, 3.05) is 6.54 Å². The van der Waals surface area contributed by atoms with Gasteiger partial charge in [-0.1, -0.05) is 0 Å². The van der Waals surface area contributed by atoms with Gasteiger partial charge in [-0.25, -0.2) is 15.0 Å². The lowest BCUT2D eigenvalue weighted by Crippen LogP contribution is -2.24. The molecule has 0 saturated heterocycles. The lowest BCUT2D eigenvalue weighted by molar-refractivity contribution is 0.0996. The van der Waals surface area contributed by atoms with Crippen LogP contribution in [0.3, 0.4) is 0 Å². The molecule has 1 aliphatic rings. The summed E-state index contributed by atoms with van der Waals surface area (Å²) in [5.74, 6) is 0.436. The van der Waals surface area contributed by atoms with Crippen LogP contribution in [0.5, 0.6) is 0 Å². The Balaban J connectivity index is 1.78. The van der Waals surface area contributed by atoms with Crippen LogP contribution in [0.25, 0.3) is 17.0 Å². The fourth-order valence-corrected chi connectivity index (χ4v) is 3.68. The SMILES string of the molecule is NCC1CCC(n2ccc3nc(-n4ccnc4)nc(C(N)=O)c32)CC1. The Kier molecular flexibility index (Phi) is 3.96. The Labute approximate surface area is 144 Å². The van der Waals surface area contributed by atoms with Crippen LogP contribution >= 0.6 is 0 Å². The molecular weight excluding hydrogens is 318 g/mol. The van der Waals surface area contributed by atoms with Gasteiger partial charge >= 0.3 is 0 Å². The molecule has 8 nitrogen and oxygen atoms in total. The van der Waals surface area contributed by atoms with E-state index >= 15 is 0 Å². The fraction of sp³-hybridized carbons (Fsp3) is 0.412. The third kappa shape index (κ3) is 2.78. The smallest absolute Gasteiger partial charge is 0.269 e. The maximum Gasteiger partial charge on any atom is 0.269 e. The first-order valence-electron chi connectivity index (χ1n) is 8.54. The Morgan fingerprint density at radius 1 is 1.20 bits per heavy atom. The summed E-state index contributed by atoms with van der Waals surface area (Å²) in [5, 5.41) is 0. The summed E-state index contributed by atoms with van der Waals surface area (Å²) in [6, 6.07) is 2.24. The summed E-state index contributed by atoms with van der Waals surface area (Å²) in [5.41, 5.74) is 13.1. The van der Waals surface area contributed by atoms with Gasteiger partial charge in [-0.2, -0.15) is 0 Å². The second-order valence-corrected chi connectivity index (χ2v) is 6.57. The van der Waals surface area contributed by atoms with Crippen molar-refractivity contribution in [3.8, 4) is 5.95 Å². The molecule has 1 amide bonds. The number of rotatable bonds is 4. The minimum absolute atomic E-state index is 0.250. The van der Waals surface area contributed by atoms with Gasteiger partial charge in [-0.3, -0.25) is 9.36 Å². The van der Waals surface area contributed by atoms with E-state index in [2.05, 4.69) is 19.5 Å². The van der Waals surface area contributed by atoms with Crippen LogP contribution in [-0.2, 0) is 0 Å². The van der Waals surface area contributed by atoms with E-state index in [9.17, 15) is 4.79 Å². The first kappa shape index (κ1) is 15.8. The number of nitrogens with two attached hydrogens (primary N) is 2. The summed E-state index contributed by atoms with van der Waals surface area (Å²) in [7, 11) is 0. The zero-order chi connectivity index (χ0) is 17.4. The Morgan fingerprint density at radius 3 is 2.64 bits per heavy atom. The maximum atomic E-state index is 12.0. The van der Waals surface area contributed by atoms with E-state index in [4.69, 9.17) is 11.5 Å². The molecule has 0 atom stereocenters.